The van der Waals surface area contributed by atoms with Crippen molar-refractivity contribution in [3.8, 4) is 17.2 Å². The van der Waals surface area contributed by atoms with E-state index in [0.29, 0.717) is 38.4 Å². The summed E-state index contributed by atoms with van der Waals surface area (Å²) in [4.78, 5) is 13.0. The maximum Gasteiger partial charge on any atom is 0.264 e. The van der Waals surface area contributed by atoms with Crippen LogP contribution in [-0.4, -0.2) is 54.1 Å². The predicted molar refractivity (Wildman–Crippen MR) is 136 cm³/mol. The molecule has 1 N–H and O–H groups in total. The highest BCUT2D eigenvalue weighted by Gasteiger charge is 2.31. The number of rotatable bonds is 13. The van der Waals surface area contributed by atoms with E-state index in [4.69, 9.17) is 47.0 Å². The molecule has 192 valence electrons. The second kappa shape index (κ2) is 12.1. The maximum absolute atomic E-state index is 13.0. The summed E-state index contributed by atoms with van der Waals surface area (Å²) in [6.07, 6.45) is 1.15. The lowest BCUT2D eigenvalue weighted by Gasteiger charge is -2.30. The molecule has 1 unspecified atom stereocenters. The van der Waals surface area contributed by atoms with Crippen LogP contribution in [0.5, 0.6) is 17.2 Å². The van der Waals surface area contributed by atoms with Crippen LogP contribution in [0.15, 0.2) is 30.3 Å². The van der Waals surface area contributed by atoms with Gasteiger partial charge in [-0.2, -0.15) is 8.42 Å². The maximum atomic E-state index is 13.0. The summed E-state index contributed by atoms with van der Waals surface area (Å²) in [5, 5.41) is 9.20. The quantitative estimate of drug-likeness (QED) is 0.282. The van der Waals surface area contributed by atoms with Crippen molar-refractivity contribution >= 4 is 44.8 Å². The minimum atomic E-state index is -3.65. The largest absolute Gasteiger partial charge is 0.493 e. The van der Waals surface area contributed by atoms with Crippen molar-refractivity contribution in [2.75, 3.05) is 34.2 Å². The van der Waals surface area contributed by atoms with Gasteiger partial charge in [-0.05, 0) is 41.8 Å². The van der Waals surface area contributed by atoms with Crippen LogP contribution in [0.3, 0.4) is 0 Å². The van der Waals surface area contributed by atoms with Gasteiger partial charge in [0, 0.05) is 18.3 Å². The molecule has 0 aliphatic rings. The number of hydrogen-bond donors (Lipinski definition) is 1. The lowest BCUT2D eigenvalue weighted by molar-refractivity contribution is -0.112. The molecule has 0 radical (unpaired) electrons. The molecule has 0 amide bonds. The first kappa shape index (κ1) is 28.9. The number of halogens is 2. The van der Waals surface area contributed by atoms with E-state index >= 15 is 0 Å². The van der Waals surface area contributed by atoms with E-state index in [1.165, 1.54) is 21.3 Å². The van der Waals surface area contributed by atoms with Gasteiger partial charge >= 0.3 is 0 Å². The van der Waals surface area contributed by atoms with E-state index in [-0.39, 0.29) is 31.6 Å². The fourth-order valence-electron chi connectivity index (χ4n) is 3.64. The Morgan fingerprint density at radius 1 is 1.00 bits per heavy atom. The number of methoxy groups -OCH3 is 3. The van der Waals surface area contributed by atoms with Gasteiger partial charge in [0.2, 0.25) is 5.75 Å². The molecule has 0 fully saturated rings. The first-order valence-electron chi connectivity index (χ1n) is 10.5. The minimum Gasteiger partial charge on any atom is -0.493 e. The van der Waals surface area contributed by atoms with E-state index < -0.39 is 21.3 Å². The van der Waals surface area contributed by atoms with Gasteiger partial charge in [-0.15, -0.1) is 0 Å². The second-order valence-electron chi connectivity index (χ2n) is 8.25. The molecule has 35 heavy (non-hydrogen) atoms. The molecule has 0 bridgehead atoms. The van der Waals surface area contributed by atoms with Crippen LogP contribution in [0.4, 0.5) is 0 Å². The van der Waals surface area contributed by atoms with Gasteiger partial charge in [0.15, 0.2) is 17.3 Å². The van der Waals surface area contributed by atoms with E-state index in [1.54, 1.807) is 30.3 Å². The Morgan fingerprint density at radius 3 is 2.09 bits per heavy atom. The molecule has 2 aromatic carbocycles. The average molecular weight is 546 g/mol. The summed E-state index contributed by atoms with van der Waals surface area (Å²) < 4.78 is 43.8. The monoisotopic (exact) mass is 545 g/mol. The first-order chi connectivity index (χ1) is 16.3. The van der Waals surface area contributed by atoms with Crippen molar-refractivity contribution in [1.29, 1.82) is 5.41 Å². The molecule has 0 saturated carbocycles. The fourth-order valence-corrected chi connectivity index (χ4v) is 4.33. The van der Waals surface area contributed by atoms with E-state index in [1.807, 2.05) is 6.92 Å². The zero-order valence-electron chi connectivity index (χ0n) is 20.2. The van der Waals surface area contributed by atoms with Crippen molar-refractivity contribution in [3.63, 3.8) is 0 Å². The molecule has 0 aliphatic heterocycles. The Bertz CT molecular complexity index is 1180. The number of ketones is 1. The molecule has 8 nitrogen and oxygen atoms in total. The van der Waals surface area contributed by atoms with Gasteiger partial charge in [-0.1, -0.05) is 36.2 Å². The van der Waals surface area contributed by atoms with Gasteiger partial charge in [-0.3, -0.25) is 8.98 Å². The molecule has 11 heteroatoms. The summed E-state index contributed by atoms with van der Waals surface area (Å²) in [5.74, 6) is 0.799. The lowest BCUT2D eigenvalue weighted by atomic mass is 9.75. The standard InChI is InChI=1S/C24H29Cl2NO7S/c1-24(8-9-34-35(5,29)30,16-6-7-17(25)18(26)13-16)14-19(27)20(28)10-15-11-21(31-2)23(33-4)22(12-15)32-3/h6-7,11-13,27H,8-10,14H2,1-5H3. The smallest absolute Gasteiger partial charge is 0.264 e. The summed E-state index contributed by atoms with van der Waals surface area (Å²) >= 11 is 12.3. The van der Waals surface area contributed by atoms with Gasteiger partial charge < -0.3 is 19.6 Å². The predicted octanol–water partition coefficient (Wildman–Crippen LogP) is 4.86. The van der Waals surface area contributed by atoms with Crippen molar-refractivity contribution in [2.24, 2.45) is 0 Å². The Kier molecular flexibility index (Phi) is 9.97. The Hall–Kier alpha value is -2.33. The van der Waals surface area contributed by atoms with Crippen molar-refractivity contribution in [1.82, 2.24) is 0 Å². The highest BCUT2D eigenvalue weighted by molar-refractivity contribution is 7.85. The van der Waals surface area contributed by atoms with Crippen LogP contribution in [0, 0.1) is 5.41 Å². The van der Waals surface area contributed by atoms with Crippen molar-refractivity contribution in [2.45, 2.75) is 31.6 Å². The molecule has 2 rings (SSSR count). The SMILES string of the molecule is COc1cc(CC(=O)C(=N)CC(C)(CCOS(C)(=O)=O)c2ccc(Cl)c(Cl)c2)cc(OC)c1OC. The molecular weight excluding hydrogens is 517 g/mol. The topological polar surface area (TPSA) is 112 Å². The number of carbonyl (C=O) groups excluding carboxylic acids is 1. The minimum absolute atomic E-state index is 0.0291. The van der Waals surface area contributed by atoms with Crippen LogP contribution in [0.1, 0.15) is 30.9 Å². The number of benzene rings is 2. The molecular formula is C24H29Cl2NO7S. The fraction of sp³-hybridized carbons (Fsp3) is 0.417. The van der Waals surface area contributed by atoms with Gasteiger partial charge in [-0.25, -0.2) is 0 Å². The average Bonchev–Trinajstić information content (AvgIpc) is 2.78. The number of ether oxygens (including phenoxy) is 3. The molecule has 0 aromatic heterocycles. The molecule has 0 heterocycles. The zero-order valence-corrected chi connectivity index (χ0v) is 22.6. The highest BCUT2D eigenvalue weighted by Crippen LogP contribution is 2.39. The molecule has 0 spiro atoms. The summed E-state index contributed by atoms with van der Waals surface area (Å²) in [5.41, 5.74) is 0.341. The zero-order chi connectivity index (χ0) is 26.4. The van der Waals surface area contributed by atoms with Crippen LogP contribution >= 0.6 is 23.2 Å². The summed E-state index contributed by atoms with van der Waals surface area (Å²) in [6.45, 7) is 1.70. The van der Waals surface area contributed by atoms with Crippen LogP contribution in [0.2, 0.25) is 10.0 Å². The lowest BCUT2D eigenvalue weighted by Crippen LogP contribution is -2.31. The number of Topliss-reactive ketones (excluding diaryl/α,β-unsaturated/α-hetero) is 1. The third-order valence-corrected chi connectivity index (χ3v) is 6.89. The van der Waals surface area contributed by atoms with E-state index in [9.17, 15) is 13.2 Å². The van der Waals surface area contributed by atoms with Crippen molar-refractivity contribution < 1.29 is 31.6 Å². The molecule has 0 saturated heterocycles. The van der Waals surface area contributed by atoms with Crippen LogP contribution in [-0.2, 0) is 30.9 Å². The third kappa shape index (κ3) is 7.83. The first-order valence-corrected chi connectivity index (χ1v) is 13.1. The molecule has 1 atom stereocenters. The van der Waals surface area contributed by atoms with Crippen molar-refractivity contribution in [3.05, 3.63) is 51.5 Å². The van der Waals surface area contributed by atoms with E-state index in [2.05, 4.69) is 0 Å². The molecule has 0 aliphatic carbocycles. The Labute approximate surface area is 216 Å². The summed E-state index contributed by atoms with van der Waals surface area (Å²) in [6, 6.07) is 8.33. The van der Waals surface area contributed by atoms with Gasteiger partial charge in [0.05, 0.1) is 49.9 Å². The number of nitrogens with one attached hydrogen (secondary N) is 1. The third-order valence-electron chi connectivity index (χ3n) is 5.56. The van der Waals surface area contributed by atoms with Gasteiger partial charge in [0.1, 0.15) is 0 Å². The number of carbonyl (C=O) groups is 1. The van der Waals surface area contributed by atoms with E-state index in [0.717, 1.165) is 6.26 Å². The molecule has 2 aromatic rings. The number of hydrogen-bond acceptors (Lipinski definition) is 8. The summed E-state index contributed by atoms with van der Waals surface area (Å²) in [7, 11) is 0.791. The van der Waals surface area contributed by atoms with Crippen LogP contribution in [0.25, 0.3) is 0 Å². The second-order valence-corrected chi connectivity index (χ2v) is 10.7. The highest BCUT2D eigenvalue weighted by atomic mass is 35.5. The Morgan fingerprint density at radius 2 is 1.60 bits per heavy atom. The van der Waals surface area contributed by atoms with Crippen LogP contribution < -0.4 is 14.2 Å². The normalized spacial score (nSPS) is 13.1. The Balaban J connectivity index is 2.29. The van der Waals surface area contributed by atoms with Gasteiger partial charge in [0.25, 0.3) is 10.1 Å².